The Hall–Kier alpha value is -1.91. The van der Waals surface area contributed by atoms with Crippen molar-refractivity contribution in [3.05, 3.63) is 65.0 Å². The Bertz CT molecular complexity index is 644. The predicted molar refractivity (Wildman–Crippen MR) is 80.3 cm³/mol. The first-order valence-corrected chi connectivity index (χ1v) is 7.12. The Balaban J connectivity index is 1.90. The van der Waals surface area contributed by atoms with Crippen LogP contribution in [0.25, 0.3) is 0 Å². The van der Waals surface area contributed by atoms with E-state index in [-0.39, 0.29) is 17.8 Å². The van der Waals surface area contributed by atoms with E-state index in [0.717, 1.165) is 23.3 Å². The summed E-state index contributed by atoms with van der Waals surface area (Å²) in [5.74, 6) is 6.48. The molecule has 3 rings (SSSR count). The SMILES string of the molecule is Cc1ccc(F)c(C(NN)C2COc3ccccc3C2)c1. The fourth-order valence-corrected chi connectivity index (χ4v) is 2.95. The van der Waals surface area contributed by atoms with Gasteiger partial charge in [-0.1, -0.05) is 35.9 Å². The molecule has 4 heteroatoms. The Labute approximate surface area is 123 Å². The largest absolute Gasteiger partial charge is 0.493 e. The molecule has 2 atom stereocenters. The second-order valence-electron chi connectivity index (χ2n) is 5.55. The number of benzene rings is 2. The van der Waals surface area contributed by atoms with Gasteiger partial charge in [0.25, 0.3) is 0 Å². The first-order chi connectivity index (χ1) is 10.2. The lowest BCUT2D eigenvalue weighted by Gasteiger charge is -2.31. The molecule has 2 aromatic carbocycles. The molecule has 0 saturated carbocycles. The van der Waals surface area contributed by atoms with Gasteiger partial charge in [0.2, 0.25) is 0 Å². The summed E-state index contributed by atoms with van der Waals surface area (Å²) >= 11 is 0. The van der Waals surface area contributed by atoms with Crippen LogP contribution < -0.4 is 16.0 Å². The minimum Gasteiger partial charge on any atom is -0.493 e. The smallest absolute Gasteiger partial charge is 0.128 e. The van der Waals surface area contributed by atoms with Gasteiger partial charge in [-0.15, -0.1) is 0 Å². The third-order valence-electron chi connectivity index (χ3n) is 4.05. The predicted octanol–water partition coefficient (Wildman–Crippen LogP) is 2.89. The number of nitrogens with one attached hydrogen (secondary N) is 1. The molecule has 21 heavy (non-hydrogen) atoms. The van der Waals surface area contributed by atoms with Crippen LogP contribution in [0.4, 0.5) is 4.39 Å². The number of aryl methyl sites for hydroxylation is 1. The van der Waals surface area contributed by atoms with E-state index < -0.39 is 0 Å². The molecule has 1 aliphatic heterocycles. The highest BCUT2D eigenvalue weighted by molar-refractivity contribution is 5.36. The topological polar surface area (TPSA) is 47.3 Å². The van der Waals surface area contributed by atoms with E-state index in [4.69, 9.17) is 10.6 Å². The molecule has 0 bridgehead atoms. The van der Waals surface area contributed by atoms with Crippen molar-refractivity contribution in [3.63, 3.8) is 0 Å². The monoisotopic (exact) mass is 286 g/mol. The van der Waals surface area contributed by atoms with Crippen LogP contribution in [0.5, 0.6) is 5.75 Å². The molecular weight excluding hydrogens is 267 g/mol. The van der Waals surface area contributed by atoms with Gasteiger partial charge in [0.05, 0.1) is 12.6 Å². The maximum Gasteiger partial charge on any atom is 0.128 e. The summed E-state index contributed by atoms with van der Waals surface area (Å²) in [5, 5.41) is 0. The van der Waals surface area contributed by atoms with Crippen LogP contribution in [0, 0.1) is 18.7 Å². The molecule has 0 aromatic heterocycles. The summed E-state index contributed by atoms with van der Waals surface area (Å²) in [6.45, 7) is 2.47. The van der Waals surface area contributed by atoms with E-state index in [0.29, 0.717) is 12.2 Å². The third-order valence-corrected chi connectivity index (χ3v) is 4.05. The zero-order valence-corrected chi connectivity index (χ0v) is 12.0. The van der Waals surface area contributed by atoms with Crippen LogP contribution in [-0.2, 0) is 6.42 Å². The molecule has 0 amide bonds. The van der Waals surface area contributed by atoms with Crippen LogP contribution >= 0.6 is 0 Å². The highest BCUT2D eigenvalue weighted by atomic mass is 19.1. The Kier molecular flexibility index (Phi) is 3.90. The first kappa shape index (κ1) is 14.0. The van der Waals surface area contributed by atoms with E-state index in [1.807, 2.05) is 37.3 Å². The molecule has 0 fully saturated rings. The zero-order valence-electron chi connectivity index (χ0n) is 12.0. The number of hydrogen-bond acceptors (Lipinski definition) is 3. The molecule has 0 radical (unpaired) electrons. The number of rotatable bonds is 3. The summed E-state index contributed by atoms with van der Waals surface area (Å²) < 4.78 is 19.9. The van der Waals surface area contributed by atoms with E-state index in [1.54, 1.807) is 6.07 Å². The minimum atomic E-state index is -0.266. The van der Waals surface area contributed by atoms with Gasteiger partial charge in [-0.2, -0.15) is 0 Å². The lowest BCUT2D eigenvalue weighted by atomic mass is 9.86. The van der Waals surface area contributed by atoms with Gasteiger partial charge < -0.3 is 4.74 Å². The number of para-hydroxylation sites is 1. The second kappa shape index (κ2) is 5.84. The molecule has 0 saturated heterocycles. The Morgan fingerprint density at radius 3 is 2.90 bits per heavy atom. The van der Waals surface area contributed by atoms with E-state index in [9.17, 15) is 4.39 Å². The average Bonchev–Trinajstić information content (AvgIpc) is 2.51. The van der Waals surface area contributed by atoms with Crippen LogP contribution in [0.1, 0.15) is 22.7 Å². The van der Waals surface area contributed by atoms with Crippen molar-refractivity contribution >= 4 is 0 Å². The highest BCUT2D eigenvalue weighted by Gasteiger charge is 2.29. The number of hydrazine groups is 1. The molecule has 2 unspecified atom stereocenters. The van der Waals surface area contributed by atoms with Crippen LogP contribution in [0.15, 0.2) is 42.5 Å². The van der Waals surface area contributed by atoms with Gasteiger partial charge >= 0.3 is 0 Å². The summed E-state index contributed by atoms with van der Waals surface area (Å²) in [6, 6.07) is 12.8. The molecular formula is C17H19FN2O. The highest BCUT2D eigenvalue weighted by Crippen LogP contribution is 2.34. The maximum absolute atomic E-state index is 14.1. The molecule has 1 heterocycles. The van der Waals surface area contributed by atoms with Crippen molar-refractivity contribution in [2.45, 2.75) is 19.4 Å². The number of fused-ring (bicyclic) bond motifs is 1. The van der Waals surface area contributed by atoms with Crippen LogP contribution in [0.2, 0.25) is 0 Å². The van der Waals surface area contributed by atoms with E-state index in [1.165, 1.54) is 6.07 Å². The summed E-state index contributed by atoms with van der Waals surface area (Å²) in [6.07, 6.45) is 0.818. The van der Waals surface area contributed by atoms with Crippen LogP contribution in [-0.4, -0.2) is 6.61 Å². The lowest BCUT2D eigenvalue weighted by Crippen LogP contribution is -2.39. The van der Waals surface area contributed by atoms with Crippen LogP contribution in [0.3, 0.4) is 0 Å². The number of hydrogen-bond donors (Lipinski definition) is 2. The van der Waals surface area contributed by atoms with Gasteiger partial charge in [0, 0.05) is 11.5 Å². The number of nitrogens with two attached hydrogens (primary N) is 1. The van der Waals surface area contributed by atoms with Crippen molar-refractivity contribution in [1.29, 1.82) is 0 Å². The number of halogens is 1. The average molecular weight is 286 g/mol. The third kappa shape index (κ3) is 2.77. The Morgan fingerprint density at radius 1 is 1.29 bits per heavy atom. The number of ether oxygens (including phenoxy) is 1. The zero-order chi connectivity index (χ0) is 14.8. The Morgan fingerprint density at radius 2 is 2.10 bits per heavy atom. The second-order valence-corrected chi connectivity index (χ2v) is 5.55. The van der Waals surface area contributed by atoms with E-state index >= 15 is 0 Å². The summed E-state index contributed by atoms with van der Waals surface area (Å²) in [5.41, 5.74) is 5.53. The van der Waals surface area contributed by atoms with Crippen molar-refractivity contribution in [2.75, 3.05) is 6.61 Å². The summed E-state index contributed by atoms with van der Waals surface area (Å²) in [4.78, 5) is 0. The van der Waals surface area contributed by atoms with Crippen molar-refractivity contribution < 1.29 is 9.13 Å². The fourth-order valence-electron chi connectivity index (χ4n) is 2.95. The van der Waals surface area contributed by atoms with Crippen molar-refractivity contribution in [3.8, 4) is 5.75 Å². The first-order valence-electron chi connectivity index (χ1n) is 7.12. The van der Waals surface area contributed by atoms with Gasteiger partial charge in [-0.05, 0) is 31.0 Å². The fraction of sp³-hybridized carbons (Fsp3) is 0.294. The van der Waals surface area contributed by atoms with E-state index in [2.05, 4.69) is 5.43 Å². The molecule has 110 valence electrons. The summed E-state index contributed by atoms with van der Waals surface area (Å²) in [7, 11) is 0. The molecule has 0 spiro atoms. The minimum absolute atomic E-state index is 0.0983. The van der Waals surface area contributed by atoms with Gasteiger partial charge in [-0.25, -0.2) is 4.39 Å². The van der Waals surface area contributed by atoms with Crippen molar-refractivity contribution in [1.82, 2.24) is 5.43 Å². The quantitative estimate of drug-likeness (QED) is 0.674. The lowest BCUT2D eigenvalue weighted by molar-refractivity contribution is 0.183. The molecule has 2 aromatic rings. The normalized spacial score (nSPS) is 18.7. The molecule has 3 nitrogen and oxygen atoms in total. The van der Waals surface area contributed by atoms with Crippen molar-refractivity contribution in [2.24, 2.45) is 11.8 Å². The van der Waals surface area contributed by atoms with Gasteiger partial charge in [-0.3, -0.25) is 11.3 Å². The standard InChI is InChI=1S/C17H19FN2O/c1-11-6-7-15(18)14(8-11)17(20-19)13-9-12-4-2-3-5-16(12)21-10-13/h2-8,13,17,20H,9-10,19H2,1H3. The van der Waals surface area contributed by atoms with Gasteiger partial charge in [0.15, 0.2) is 0 Å². The molecule has 3 N–H and O–H groups in total. The van der Waals surface area contributed by atoms with Gasteiger partial charge in [0.1, 0.15) is 11.6 Å². The maximum atomic E-state index is 14.1. The molecule has 0 aliphatic carbocycles. The molecule has 1 aliphatic rings.